The highest BCUT2D eigenvalue weighted by atomic mass is 16.7. The molecule has 148 valence electrons. The molecule has 0 spiro atoms. The molecule has 8 nitrogen and oxygen atoms in total. The van der Waals surface area contributed by atoms with E-state index in [4.69, 9.17) is 9.47 Å². The van der Waals surface area contributed by atoms with E-state index in [-0.39, 0.29) is 13.3 Å². The molecule has 0 fully saturated rings. The van der Waals surface area contributed by atoms with Crippen LogP contribution in [0, 0.1) is 0 Å². The van der Waals surface area contributed by atoms with E-state index >= 15 is 0 Å². The minimum Gasteiger partial charge on any atom is -0.454 e. The summed E-state index contributed by atoms with van der Waals surface area (Å²) < 4.78 is 10.6. The molecule has 0 saturated carbocycles. The van der Waals surface area contributed by atoms with Crippen molar-refractivity contribution in [3.8, 4) is 11.5 Å². The van der Waals surface area contributed by atoms with Gasteiger partial charge in [-0.25, -0.2) is 0 Å². The lowest BCUT2D eigenvalue weighted by molar-refractivity contribution is -0.124. The van der Waals surface area contributed by atoms with Gasteiger partial charge in [0.25, 0.3) is 5.91 Å². The predicted molar refractivity (Wildman–Crippen MR) is 104 cm³/mol. The summed E-state index contributed by atoms with van der Waals surface area (Å²) in [7, 11) is 0. The van der Waals surface area contributed by atoms with E-state index in [0.717, 1.165) is 16.5 Å². The number of fused-ring (bicyclic) bond motifs is 2. The number of benzene rings is 2. The molecule has 2 aromatic carbocycles. The molecule has 1 atom stereocenters. The molecule has 0 radical (unpaired) electrons. The summed E-state index contributed by atoms with van der Waals surface area (Å²) in [5.74, 6) is 0.296. The van der Waals surface area contributed by atoms with Gasteiger partial charge in [-0.3, -0.25) is 14.6 Å². The molecule has 1 unspecified atom stereocenters. The average Bonchev–Trinajstić information content (AvgIpc) is 3.23. The fourth-order valence-electron chi connectivity index (χ4n) is 2.99. The smallest absolute Gasteiger partial charge is 0.253 e. The number of carbonyl (C=O) groups excluding carboxylic acids is 2. The summed E-state index contributed by atoms with van der Waals surface area (Å²) >= 11 is 0. The van der Waals surface area contributed by atoms with Crippen molar-refractivity contribution in [2.75, 3.05) is 13.4 Å². The molecule has 1 aliphatic heterocycles. The Hall–Kier alpha value is -3.65. The number of aromatic nitrogens is 1. The monoisotopic (exact) mass is 393 g/mol. The lowest BCUT2D eigenvalue weighted by Crippen LogP contribution is -2.48. The fourth-order valence-corrected chi connectivity index (χ4v) is 2.99. The number of para-hydroxylation sites is 1. The molecular formula is C21H19N3O5. The van der Waals surface area contributed by atoms with Gasteiger partial charge in [0.2, 0.25) is 12.7 Å². The molecule has 2 heterocycles. The van der Waals surface area contributed by atoms with E-state index in [0.29, 0.717) is 17.1 Å². The predicted octanol–water partition coefficient (Wildman–Crippen LogP) is 1.37. The van der Waals surface area contributed by atoms with Crippen LogP contribution in [0.5, 0.6) is 11.5 Å². The van der Waals surface area contributed by atoms with Gasteiger partial charge in [0.15, 0.2) is 11.5 Å². The molecule has 1 aromatic heterocycles. The van der Waals surface area contributed by atoms with Crippen LogP contribution in [0.3, 0.4) is 0 Å². The first-order valence-corrected chi connectivity index (χ1v) is 9.07. The van der Waals surface area contributed by atoms with Gasteiger partial charge in [-0.2, -0.15) is 0 Å². The first kappa shape index (κ1) is 18.7. The van der Waals surface area contributed by atoms with Crippen LogP contribution in [0.25, 0.3) is 10.9 Å². The van der Waals surface area contributed by atoms with Gasteiger partial charge in [0, 0.05) is 18.1 Å². The Morgan fingerprint density at radius 1 is 1.10 bits per heavy atom. The van der Waals surface area contributed by atoms with Crippen LogP contribution in [-0.4, -0.2) is 41.3 Å². The van der Waals surface area contributed by atoms with E-state index in [1.807, 2.05) is 24.3 Å². The fraction of sp³-hybridized carbons (Fsp3) is 0.190. The SMILES string of the molecule is O=C(NC(CO)C(=O)NCc1ccc2c(c1)OCO2)c1cnc2ccccc2c1. The van der Waals surface area contributed by atoms with Crippen molar-refractivity contribution < 1.29 is 24.2 Å². The van der Waals surface area contributed by atoms with Gasteiger partial charge in [-0.05, 0) is 29.8 Å². The number of aliphatic hydroxyl groups excluding tert-OH is 1. The topological polar surface area (TPSA) is 110 Å². The van der Waals surface area contributed by atoms with Crippen molar-refractivity contribution in [2.45, 2.75) is 12.6 Å². The third-order valence-corrected chi connectivity index (χ3v) is 4.56. The molecular weight excluding hydrogens is 374 g/mol. The summed E-state index contributed by atoms with van der Waals surface area (Å²) in [6.45, 7) is -0.132. The molecule has 29 heavy (non-hydrogen) atoms. The zero-order valence-corrected chi connectivity index (χ0v) is 15.4. The van der Waals surface area contributed by atoms with E-state index in [1.54, 1.807) is 24.3 Å². The second kappa shape index (κ2) is 8.15. The van der Waals surface area contributed by atoms with Crippen molar-refractivity contribution in [3.05, 3.63) is 65.9 Å². The van der Waals surface area contributed by atoms with Crippen LogP contribution in [0.4, 0.5) is 0 Å². The number of rotatable bonds is 6. The first-order valence-electron chi connectivity index (χ1n) is 9.07. The Bertz CT molecular complexity index is 1070. The summed E-state index contributed by atoms with van der Waals surface area (Å²) in [4.78, 5) is 29.1. The standard InChI is InChI=1S/C21H19N3O5/c25-11-17(21(27)23-9-13-5-6-18-19(7-13)29-12-28-18)24-20(26)15-8-14-3-1-2-4-16(14)22-10-15/h1-8,10,17,25H,9,11-12H2,(H,23,27)(H,24,26). The highest BCUT2D eigenvalue weighted by Gasteiger charge is 2.21. The Balaban J connectivity index is 1.38. The lowest BCUT2D eigenvalue weighted by atomic mass is 10.1. The highest BCUT2D eigenvalue weighted by molar-refractivity contribution is 5.99. The number of amides is 2. The minimum atomic E-state index is -1.08. The normalized spacial score (nSPS) is 13.1. The van der Waals surface area contributed by atoms with Crippen molar-refractivity contribution in [3.63, 3.8) is 0 Å². The number of aliphatic hydroxyl groups is 1. The Kier molecular flexibility index (Phi) is 5.26. The molecule has 4 rings (SSSR count). The van der Waals surface area contributed by atoms with Crippen LogP contribution in [0.1, 0.15) is 15.9 Å². The average molecular weight is 393 g/mol. The molecule has 0 saturated heterocycles. The van der Waals surface area contributed by atoms with E-state index in [9.17, 15) is 14.7 Å². The van der Waals surface area contributed by atoms with Crippen LogP contribution >= 0.6 is 0 Å². The van der Waals surface area contributed by atoms with Crippen LogP contribution in [0.15, 0.2) is 54.7 Å². The second-order valence-corrected chi connectivity index (χ2v) is 6.53. The third kappa shape index (κ3) is 4.12. The van der Waals surface area contributed by atoms with E-state index < -0.39 is 24.5 Å². The zero-order valence-electron chi connectivity index (χ0n) is 15.4. The van der Waals surface area contributed by atoms with Crippen molar-refractivity contribution in [1.82, 2.24) is 15.6 Å². The Morgan fingerprint density at radius 2 is 1.93 bits per heavy atom. The Labute approximate surface area is 166 Å². The highest BCUT2D eigenvalue weighted by Crippen LogP contribution is 2.32. The van der Waals surface area contributed by atoms with Crippen molar-refractivity contribution in [1.29, 1.82) is 0 Å². The van der Waals surface area contributed by atoms with Crippen LogP contribution in [0.2, 0.25) is 0 Å². The summed E-state index contributed by atoms with van der Waals surface area (Å²) in [5, 5.41) is 15.6. The quantitative estimate of drug-likeness (QED) is 0.584. The molecule has 3 N–H and O–H groups in total. The molecule has 0 aliphatic carbocycles. The summed E-state index contributed by atoms with van der Waals surface area (Å²) in [6.07, 6.45) is 1.44. The van der Waals surface area contributed by atoms with Gasteiger partial charge >= 0.3 is 0 Å². The van der Waals surface area contributed by atoms with Crippen LogP contribution in [-0.2, 0) is 11.3 Å². The molecule has 8 heteroatoms. The van der Waals surface area contributed by atoms with Gasteiger partial charge in [0.1, 0.15) is 6.04 Å². The van der Waals surface area contributed by atoms with E-state index in [1.165, 1.54) is 6.20 Å². The Morgan fingerprint density at radius 3 is 2.79 bits per heavy atom. The molecule has 1 aliphatic rings. The first-order chi connectivity index (χ1) is 14.1. The second-order valence-electron chi connectivity index (χ2n) is 6.53. The zero-order chi connectivity index (χ0) is 20.2. The molecule has 3 aromatic rings. The summed E-state index contributed by atoms with van der Waals surface area (Å²) in [6, 6.07) is 13.4. The maximum Gasteiger partial charge on any atom is 0.253 e. The number of hydrogen-bond donors (Lipinski definition) is 3. The van der Waals surface area contributed by atoms with Gasteiger partial charge in [-0.15, -0.1) is 0 Å². The molecule has 0 bridgehead atoms. The molecule has 2 amide bonds. The van der Waals surface area contributed by atoms with Gasteiger partial charge in [0.05, 0.1) is 17.7 Å². The number of carbonyl (C=O) groups is 2. The lowest BCUT2D eigenvalue weighted by Gasteiger charge is -2.16. The number of nitrogens with zero attached hydrogens (tertiary/aromatic N) is 1. The summed E-state index contributed by atoms with van der Waals surface area (Å²) in [5.41, 5.74) is 1.89. The number of nitrogens with one attached hydrogen (secondary N) is 2. The van der Waals surface area contributed by atoms with Crippen molar-refractivity contribution >= 4 is 22.7 Å². The largest absolute Gasteiger partial charge is 0.454 e. The number of ether oxygens (including phenoxy) is 2. The number of pyridine rings is 1. The maximum absolute atomic E-state index is 12.5. The minimum absolute atomic E-state index is 0.174. The number of hydrogen-bond acceptors (Lipinski definition) is 6. The van der Waals surface area contributed by atoms with Crippen LogP contribution < -0.4 is 20.1 Å². The maximum atomic E-state index is 12.5. The van der Waals surface area contributed by atoms with Gasteiger partial charge < -0.3 is 25.2 Å². The van der Waals surface area contributed by atoms with Crippen molar-refractivity contribution in [2.24, 2.45) is 0 Å². The third-order valence-electron chi connectivity index (χ3n) is 4.56. The van der Waals surface area contributed by atoms with Gasteiger partial charge in [-0.1, -0.05) is 24.3 Å². The van der Waals surface area contributed by atoms with E-state index in [2.05, 4.69) is 15.6 Å².